The van der Waals surface area contributed by atoms with Gasteiger partial charge in [0.1, 0.15) is 0 Å². The van der Waals surface area contributed by atoms with Crippen LogP contribution in [0.25, 0.3) is 0 Å². The molecule has 2 N–H and O–H groups in total. The normalized spacial score (nSPS) is 20.7. The van der Waals surface area contributed by atoms with Gasteiger partial charge in [0, 0.05) is 80.8 Å². The molecular weight excluding hydrogens is 863 g/mol. The van der Waals surface area contributed by atoms with Crippen LogP contribution in [0.4, 0.5) is 26.3 Å². The van der Waals surface area contributed by atoms with Gasteiger partial charge in [-0.05, 0) is 111 Å². The number of carbonyl (C=O) groups is 3. The summed E-state index contributed by atoms with van der Waals surface area (Å²) in [5, 5.41) is 15.2. The van der Waals surface area contributed by atoms with Gasteiger partial charge in [-0.2, -0.15) is 36.5 Å². The fraction of sp³-hybridized carbons (Fsp3) is 0.571. The number of rotatable bonds is 10. The number of nitrogens with zero attached hydrogens (tertiary/aromatic N) is 6. The van der Waals surface area contributed by atoms with Crippen molar-refractivity contribution in [1.82, 2.24) is 40.0 Å². The SMILES string of the molecule is CC(C)CC(=O)N1CCCc2[nH]nc(C(=O)N3CCC(c4ccccc4C(F)(F)F)CC3CC(C)CN3CCCc4[nH]nc(C(=O)N5CCC(c6ccccc6C(F)(F)F)CC5)c4C3)c2C1. The van der Waals surface area contributed by atoms with E-state index in [4.69, 9.17) is 0 Å². The van der Waals surface area contributed by atoms with Crippen LogP contribution in [0, 0.1) is 11.8 Å². The maximum absolute atomic E-state index is 14.7. The lowest BCUT2D eigenvalue weighted by Crippen LogP contribution is -2.47. The van der Waals surface area contributed by atoms with Crippen LogP contribution in [0.3, 0.4) is 0 Å². The van der Waals surface area contributed by atoms with Crippen molar-refractivity contribution in [3.05, 3.63) is 105 Å². The van der Waals surface area contributed by atoms with Gasteiger partial charge in [0.05, 0.1) is 11.1 Å². The molecule has 17 heteroatoms. The Morgan fingerprint density at radius 1 is 0.682 bits per heavy atom. The standard InChI is InChI=1S/C49H60F6N8O3/c1-30(2)24-43(64)62-20-9-15-42-38(29-62)45(59-57-42)47(66)63-23-18-33(36-11-5-7-13-40(36)49(53,54)55)26-34(63)25-31(3)27-60-19-8-14-41-37(28-60)44(58-56-41)46(65)61-21-16-32(17-22-61)35-10-4-6-12-39(35)48(50,51)52/h4-7,10-13,30-34H,8-9,14-29H2,1-3H3,(H,56,58)(H,57,59). The maximum atomic E-state index is 14.7. The number of hydrogen-bond donors (Lipinski definition) is 2. The largest absolute Gasteiger partial charge is 0.416 e. The fourth-order valence-electron chi connectivity index (χ4n) is 11.0. The van der Waals surface area contributed by atoms with Gasteiger partial charge in [0.2, 0.25) is 5.91 Å². The Bertz CT molecular complexity index is 2370. The van der Waals surface area contributed by atoms with Crippen molar-refractivity contribution in [3.63, 3.8) is 0 Å². The molecule has 0 spiro atoms. The number of aromatic nitrogens is 4. The molecule has 0 aliphatic carbocycles. The van der Waals surface area contributed by atoms with Crippen molar-refractivity contribution in [2.75, 3.05) is 39.3 Å². The second-order valence-electron chi connectivity index (χ2n) is 19.4. The molecule has 8 rings (SSSR count). The molecule has 356 valence electrons. The number of piperidine rings is 2. The Labute approximate surface area is 381 Å². The molecule has 0 saturated carbocycles. The summed E-state index contributed by atoms with van der Waals surface area (Å²) in [7, 11) is 0. The van der Waals surface area contributed by atoms with Crippen LogP contribution in [-0.2, 0) is 43.1 Å². The van der Waals surface area contributed by atoms with E-state index < -0.39 is 35.4 Å². The van der Waals surface area contributed by atoms with Gasteiger partial charge in [-0.15, -0.1) is 0 Å². The minimum atomic E-state index is -4.53. The Morgan fingerprint density at radius 3 is 1.83 bits per heavy atom. The van der Waals surface area contributed by atoms with Crippen LogP contribution >= 0.6 is 0 Å². The van der Waals surface area contributed by atoms with Crippen LogP contribution in [0.1, 0.15) is 150 Å². The highest BCUT2D eigenvalue weighted by molar-refractivity contribution is 5.95. The molecule has 4 aliphatic rings. The highest BCUT2D eigenvalue weighted by Gasteiger charge is 2.41. The summed E-state index contributed by atoms with van der Waals surface area (Å²) in [5.74, 6) is -1.13. The predicted molar refractivity (Wildman–Crippen MR) is 235 cm³/mol. The maximum Gasteiger partial charge on any atom is 0.416 e. The van der Waals surface area contributed by atoms with Crippen molar-refractivity contribution in [2.45, 2.75) is 128 Å². The van der Waals surface area contributed by atoms with E-state index in [0.717, 1.165) is 48.5 Å². The van der Waals surface area contributed by atoms with Gasteiger partial charge in [0.15, 0.2) is 11.4 Å². The lowest BCUT2D eigenvalue weighted by atomic mass is 9.80. The number of aromatic amines is 2. The van der Waals surface area contributed by atoms with Gasteiger partial charge in [-0.3, -0.25) is 29.5 Å². The quantitative estimate of drug-likeness (QED) is 0.153. The van der Waals surface area contributed by atoms with E-state index in [0.29, 0.717) is 95.3 Å². The summed E-state index contributed by atoms with van der Waals surface area (Å²) in [6.45, 7) is 9.51. The average molecular weight is 923 g/mol. The first-order valence-electron chi connectivity index (χ1n) is 23.5. The molecule has 0 bridgehead atoms. The van der Waals surface area contributed by atoms with Crippen molar-refractivity contribution in [3.8, 4) is 0 Å². The highest BCUT2D eigenvalue weighted by Crippen LogP contribution is 2.42. The first-order valence-corrected chi connectivity index (χ1v) is 23.5. The summed E-state index contributed by atoms with van der Waals surface area (Å²) in [6.07, 6.45) is -3.77. The first kappa shape index (κ1) is 47.3. The second kappa shape index (κ2) is 19.6. The zero-order valence-electron chi connectivity index (χ0n) is 37.9. The molecule has 2 aromatic carbocycles. The Morgan fingerprint density at radius 2 is 1.23 bits per heavy atom. The van der Waals surface area contributed by atoms with Crippen LogP contribution in [0.2, 0.25) is 0 Å². The third-order valence-corrected chi connectivity index (χ3v) is 14.1. The van der Waals surface area contributed by atoms with E-state index >= 15 is 0 Å². The fourth-order valence-corrected chi connectivity index (χ4v) is 11.0. The van der Waals surface area contributed by atoms with E-state index in [1.54, 1.807) is 32.9 Å². The number of fused-ring (bicyclic) bond motifs is 2. The minimum Gasteiger partial charge on any atom is -0.338 e. The van der Waals surface area contributed by atoms with E-state index in [1.807, 2.05) is 13.8 Å². The second-order valence-corrected chi connectivity index (χ2v) is 19.4. The van der Waals surface area contributed by atoms with Crippen LogP contribution in [0.15, 0.2) is 48.5 Å². The topological polar surface area (TPSA) is 122 Å². The highest BCUT2D eigenvalue weighted by atomic mass is 19.4. The lowest BCUT2D eigenvalue weighted by Gasteiger charge is -2.41. The molecule has 11 nitrogen and oxygen atoms in total. The number of halogens is 6. The Kier molecular flexibility index (Phi) is 14.0. The summed E-state index contributed by atoms with van der Waals surface area (Å²) in [6, 6.07) is 10.9. The zero-order valence-corrected chi connectivity index (χ0v) is 37.9. The smallest absolute Gasteiger partial charge is 0.338 e. The molecule has 2 saturated heterocycles. The average Bonchev–Trinajstić information content (AvgIpc) is 3.72. The number of alkyl halides is 6. The number of likely N-dealkylation sites (tertiary alicyclic amines) is 2. The number of aryl methyl sites for hydroxylation is 2. The summed E-state index contributed by atoms with van der Waals surface area (Å²) >= 11 is 0. The number of nitrogens with one attached hydrogen (secondary N) is 2. The molecule has 2 aromatic heterocycles. The van der Waals surface area contributed by atoms with Crippen molar-refractivity contribution < 1.29 is 40.7 Å². The molecule has 6 heterocycles. The monoisotopic (exact) mass is 922 g/mol. The van der Waals surface area contributed by atoms with Gasteiger partial charge >= 0.3 is 12.4 Å². The van der Waals surface area contributed by atoms with Crippen LogP contribution < -0.4 is 0 Å². The van der Waals surface area contributed by atoms with Crippen molar-refractivity contribution >= 4 is 17.7 Å². The molecule has 0 radical (unpaired) electrons. The number of carbonyl (C=O) groups excluding carboxylic acids is 3. The molecule has 2 fully saturated rings. The third-order valence-electron chi connectivity index (χ3n) is 14.1. The predicted octanol–water partition coefficient (Wildman–Crippen LogP) is 9.37. The molecule has 3 atom stereocenters. The van der Waals surface area contributed by atoms with Gasteiger partial charge in [0.25, 0.3) is 11.8 Å². The Hall–Kier alpha value is -5.19. The summed E-state index contributed by atoms with van der Waals surface area (Å²) < 4.78 is 84.6. The van der Waals surface area contributed by atoms with Gasteiger partial charge < -0.3 is 14.7 Å². The van der Waals surface area contributed by atoms with Gasteiger partial charge in [-0.1, -0.05) is 57.2 Å². The third kappa shape index (κ3) is 10.3. The number of amides is 3. The number of hydrogen-bond acceptors (Lipinski definition) is 6. The Balaban J connectivity index is 0.982. The molecule has 4 aliphatic heterocycles. The van der Waals surface area contributed by atoms with Gasteiger partial charge in [-0.25, -0.2) is 0 Å². The molecule has 66 heavy (non-hydrogen) atoms. The lowest BCUT2D eigenvalue weighted by molar-refractivity contribution is -0.139. The molecular formula is C49H60F6N8O3. The molecule has 3 unspecified atom stereocenters. The van der Waals surface area contributed by atoms with Crippen LogP contribution in [0.5, 0.6) is 0 Å². The van der Waals surface area contributed by atoms with E-state index in [9.17, 15) is 40.7 Å². The van der Waals surface area contributed by atoms with E-state index in [1.165, 1.54) is 18.2 Å². The van der Waals surface area contributed by atoms with E-state index in [2.05, 4.69) is 32.2 Å². The van der Waals surface area contributed by atoms with Crippen molar-refractivity contribution in [2.24, 2.45) is 11.8 Å². The van der Waals surface area contributed by atoms with Crippen molar-refractivity contribution in [1.29, 1.82) is 0 Å². The summed E-state index contributed by atoms with van der Waals surface area (Å²) in [5.41, 5.74) is 2.97. The molecule has 3 amide bonds. The van der Waals surface area contributed by atoms with Crippen LogP contribution in [-0.4, -0.2) is 103 Å². The number of benzene rings is 2. The number of H-pyrrole nitrogens is 2. The van der Waals surface area contributed by atoms with E-state index in [-0.39, 0.29) is 65.4 Å². The zero-order chi connectivity index (χ0) is 46.9. The first-order chi connectivity index (χ1) is 31.5. The molecule has 4 aromatic rings. The summed E-state index contributed by atoms with van der Waals surface area (Å²) in [4.78, 5) is 49.6. The minimum absolute atomic E-state index is 0.0199.